The minimum Gasteiger partial charge on any atom is -0.312 e. The van der Waals surface area contributed by atoms with E-state index in [1.54, 1.807) is 6.26 Å². The predicted octanol–water partition coefficient (Wildman–Crippen LogP) is 2.01. The lowest BCUT2D eigenvalue weighted by molar-refractivity contribution is 0.677. The highest BCUT2D eigenvalue weighted by molar-refractivity contribution is 7.84. The third-order valence-corrected chi connectivity index (χ3v) is 3.59. The number of aryl methyl sites for hydroxylation is 1. The first-order valence-electron chi connectivity index (χ1n) is 6.03. The number of benzene rings is 1. The monoisotopic (exact) mass is 262 g/mol. The van der Waals surface area contributed by atoms with Crippen LogP contribution in [0.3, 0.4) is 0 Å². The van der Waals surface area contributed by atoms with Gasteiger partial charge in [-0.15, -0.1) is 0 Å². The van der Waals surface area contributed by atoms with E-state index in [0.717, 1.165) is 24.3 Å². The van der Waals surface area contributed by atoms with Gasteiger partial charge in [0.05, 0.1) is 5.52 Å². The lowest BCUT2D eigenvalue weighted by Gasteiger charge is -2.08. The number of fused-ring (bicyclic) bond motifs is 1. The topological polar surface area (TPSA) is 42.0 Å². The Kier molecular flexibility index (Phi) is 4.44. The van der Waals surface area contributed by atoms with Crippen molar-refractivity contribution in [1.29, 1.82) is 0 Å². The van der Waals surface area contributed by atoms with E-state index in [1.165, 1.54) is 10.9 Å². The van der Waals surface area contributed by atoms with Crippen molar-refractivity contribution in [3.63, 3.8) is 0 Å². The summed E-state index contributed by atoms with van der Waals surface area (Å²) in [6, 6.07) is 10.3. The van der Waals surface area contributed by atoms with Crippen molar-refractivity contribution < 1.29 is 4.21 Å². The van der Waals surface area contributed by atoms with Crippen molar-refractivity contribution in [3.8, 4) is 0 Å². The molecule has 18 heavy (non-hydrogen) atoms. The number of pyridine rings is 1. The summed E-state index contributed by atoms with van der Waals surface area (Å²) in [5.74, 6) is 0.696. The number of aromatic nitrogens is 1. The number of hydrogen-bond donors (Lipinski definition) is 1. The van der Waals surface area contributed by atoms with Crippen molar-refractivity contribution in [2.24, 2.45) is 0 Å². The van der Waals surface area contributed by atoms with Crippen LogP contribution in [0.25, 0.3) is 10.9 Å². The molecular formula is C14H18N2OS. The van der Waals surface area contributed by atoms with Gasteiger partial charge in [0.2, 0.25) is 0 Å². The molecule has 0 saturated heterocycles. The lowest BCUT2D eigenvalue weighted by Crippen LogP contribution is -2.19. The summed E-state index contributed by atoms with van der Waals surface area (Å²) in [6.07, 6.45) is 1.73. The van der Waals surface area contributed by atoms with Crippen LogP contribution in [0.2, 0.25) is 0 Å². The number of rotatable bonds is 5. The van der Waals surface area contributed by atoms with E-state index in [4.69, 9.17) is 0 Å². The Balaban J connectivity index is 2.14. The van der Waals surface area contributed by atoms with E-state index in [1.807, 2.05) is 25.1 Å². The first-order valence-corrected chi connectivity index (χ1v) is 7.75. The highest BCUT2D eigenvalue weighted by atomic mass is 32.2. The van der Waals surface area contributed by atoms with E-state index < -0.39 is 10.8 Å². The van der Waals surface area contributed by atoms with Gasteiger partial charge in [-0.2, -0.15) is 0 Å². The molecule has 1 atom stereocenters. The van der Waals surface area contributed by atoms with Gasteiger partial charge in [-0.3, -0.25) is 9.19 Å². The van der Waals surface area contributed by atoms with Crippen molar-refractivity contribution in [2.45, 2.75) is 13.5 Å². The van der Waals surface area contributed by atoms with Gasteiger partial charge in [-0.1, -0.05) is 18.2 Å². The van der Waals surface area contributed by atoms with Gasteiger partial charge < -0.3 is 5.32 Å². The zero-order valence-electron chi connectivity index (χ0n) is 10.8. The van der Waals surface area contributed by atoms with Gasteiger partial charge in [0.1, 0.15) is 0 Å². The zero-order valence-corrected chi connectivity index (χ0v) is 11.6. The van der Waals surface area contributed by atoms with Crippen LogP contribution in [0.1, 0.15) is 11.3 Å². The quantitative estimate of drug-likeness (QED) is 0.838. The van der Waals surface area contributed by atoms with Crippen molar-refractivity contribution in [2.75, 3.05) is 18.6 Å². The molecule has 0 radical (unpaired) electrons. The Morgan fingerprint density at radius 1 is 1.33 bits per heavy atom. The van der Waals surface area contributed by atoms with Crippen LogP contribution in [-0.4, -0.2) is 27.7 Å². The minimum absolute atomic E-state index is 0.696. The standard InChI is InChI=1S/C14H18N2OS/c1-11-9-12(10-15-7-8-18(2)17)13-5-3-4-6-14(13)16-11/h3-6,9,15H,7-8,10H2,1-2H3. The van der Waals surface area contributed by atoms with Gasteiger partial charge >= 0.3 is 0 Å². The van der Waals surface area contributed by atoms with E-state index in [0.29, 0.717) is 5.75 Å². The van der Waals surface area contributed by atoms with E-state index >= 15 is 0 Å². The van der Waals surface area contributed by atoms with Gasteiger partial charge in [0, 0.05) is 47.0 Å². The molecule has 0 saturated carbocycles. The molecule has 96 valence electrons. The second kappa shape index (κ2) is 6.07. The second-order valence-corrected chi connectivity index (χ2v) is 5.95. The van der Waals surface area contributed by atoms with Crippen LogP contribution >= 0.6 is 0 Å². The van der Waals surface area contributed by atoms with Crippen LogP contribution in [0, 0.1) is 6.92 Å². The van der Waals surface area contributed by atoms with Gasteiger partial charge in [-0.05, 0) is 24.6 Å². The molecule has 0 aliphatic heterocycles. The summed E-state index contributed by atoms with van der Waals surface area (Å²) in [4.78, 5) is 4.52. The maximum absolute atomic E-state index is 11.0. The third-order valence-electron chi connectivity index (χ3n) is 2.81. The maximum Gasteiger partial charge on any atom is 0.0708 e. The molecule has 2 aromatic rings. The Morgan fingerprint density at radius 3 is 2.89 bits per heavy atom. The molecule has 0 spiro atoms. The molecular weight excluding hydrogens is 244 g/mol. The molecule has 3 nitrogen and oxygen atoms in total. The predicted molar refractivity (Wildman–Crippen MR) is 77.1 cm³/mol. The van der Waals surface area contributed by atoms with Crippen LogP contribution < -0.4 is 5.32 Å². The molecule has 0 bridgehead atoms. The molecule has 4 heteroatoms. The number of hydrogen-bond acceptors (Lipinski definition) is 3. The molecule has 0 aliphatic carbocycles. The van der Waals surface area contributed by atoms with Crippen LogP contribution in [0.15, 0.2) is 30.3 Å². The Bertz CT molecular complexity index is 569. The van der Waals surface area contributed by atoms with Crippen molar-refractivity contribution >= 4 is 21.7 Å². The minimum atomic E-state index is -0.730. The second-order valence-electron chi connectivity index (χ2n) is 4.39. The summed E-state index contributed by atoms with van der Waals surface area (Å²) < 4.78 is 11.0. The summed E-state index contributed by atoms with van der Waals surface area (Å²) in [5.41, 5.74) is 3.32. The Morgan fingerprint density at radius 2 is 2.11 bits per heavy atom. The lowest BCUT2D eigenvalue weighted by atomic mass is 10.1. The fourth-order valence-electron chi connectivity index (χ4n) is 1.98. The van der Waals surface area contributed by atoms with Gasteiger partial charge in [-0.25, -0.2) is 0 Å². The number of nitrogens with zero attached hydrogens (tertiary/aromatic N) is 1. The third kappa shape index (κ3) is 3.37. The summed E-state index contributed by atoms with van der Waals surface area (Å²) in [6.45, 7) is 3.58. The molecule has 2 rings (SSSR count). The van der Waals surface area contributed by atoms with E-state index in [-0.39, 0.29) is 0 Å². The smallest absolute Gasteiger partial charge is 0.0708 e. The van der Waals surface area contributed by atoms with Crippen molar-refractivity contribution in [1.82, 2.24) is 10.3 Å². The number of para-hydroxylation sites is 1. The number of nitrogens with one attached hydrogen (secondary N) is 1. The Hall–Kier alpha value is -1.26. The summed E-state index contributed by atoms with van der Waals surface area (Å²) in [5, 5.41) is 4.52. The SMILES string of the molecule is Cc1cc(CNCCS(C)=O)c2ccccc2n1. The van der Waals surface area contributed by atoms with Crippen LogP contribution in [0.4, 0.5) is 0 Å². The van der Waals surface area contributed by atoms with Crippen molar-refractivity contribution in [3.05, 3.63) is 41.6 Å². The first kappa shape index (κ1) is 13.2. The molecule has 1 aromatic carbocycles. The largest absolute Gasteiger partial charge is 0.312 e. The molecule has 0 amide bonds. The molecule has 0 aliphatic rings. The normalized spacial score (nSPS) is 12.8. The van der Waals surface area contributed by atoms with Gasteiger partial charge in [0.15, 0.2) is 0 Å². The molecule has 1 aromatic heterocycles. The molecule has 1 heterocycles. The van der Waals surface area contributed by atoms with Gasteiger partial charge in [0.25, 0.3) is 0 Å². The van der Waals surface area contributed by atoms with E-state index in [9.17, 15) is 4.21 Å². The molecule has 1 unspecified atom stereocenters. The average Bonchev–Trinajstić information content (AvgIpc) is 2.34. The zero-order chi connectivity index (χ0) is 13.0. The molecule has 1 N–H and O–H groups in total. The summed E-state index contributed by atoms with van der Waals surface area (Å²) >= 11 is 0. The first-order chi connectivity index (χ1) is 8.66. The van der Waals surface area contributed by atoms with Crippen LogP contribution in [0.5, 0.6) is 0 Å². The maximum atomic E-state index is 11.0. The van der Waals surface area contributed by atoms with E-state index in [2.05, 4.69) is 22.4 Å². The fourth-order valence-corrected chi connectivity index (χ4v) is 2.41. The van der Waals surface area contributed by atoms with Crippen LogP contribution in [-0.2, 0) is 17.3 Å². The molecule has 0 fully saturated rings. The summed E-state index contributed by atoms with van der Waals surface area (Å²) in [7, 11) is -0.730. The average molecular weight is 262 g/mol. The highest BCUT2D eigenvalue weighted by Gasteiger charge is 2.03. The fraction of sp³-hybridized carbons (Fsp3) is 0.357. The Labute approximate surface area is 110 Å². The highest BCUT2D eigenvalue weighted by Crippen LogP contribution is 2.17.